The number of hydrogen-bond donors (Lipinski definition) is 2. The highest BCUT2D eigenvalue weighted by Gasteiger charge is 2.01. The van der Waals surface area contributed by atoms with Gasteiger partial charge in [-0.15, -0.1) is 0 Å². The molecule has 78 valence electrons. The van der Waals surface area contributed by atoms with Crippen LogP contribution in [0.3, 0.4) is 0 Å². The van der Waals surface area contributed by atoms with E-state index >= 15 is 0 Å². The lowest BCUT2D eigenvalue weighted by molar-refractivity contribution is 0.550. The van der Waals surface area contributed by atoms with Crippen molar-refractivity contribution in [3.8, 4) is 0 Å². The lowest BCUT2D eigenvalue weighted by Crippen LogP contribution is -2.20. The monoisotopic (exact) mass is 194 g/mol. The largest absolute Gasteiger partial charge is 0.368 e. The normalized spacial score (nSPS) is 10.9. The third kappa shape index (κ3) is 3.30. The van der Waals surface area contributed by atoms with Crippen molar-refractivity contribution < 1.29 is 0 Å². The summed E-state index contributed by atoms with van der Waals surface area (Å²) in [5.41, 5.74) is 7.53. The predicted molar refractivity (Wildman–Crippen MR) is 57.7 cm³/mol. The van der Waals surface area contributed by atoms with Crippen molar-refractivity contribution >= 4 is 5.95 Å². The maximum Gasteiger partial charge on any atom is 0.220 e. The molecule has 0 spiro atoms. The molecule has 0 unspecified atom stereocenters. The Morgan fingerprint density at radius 1 is 1.50 bits per heavy atom. The smallest absolute Gasteiger partial charge is 0.220 e. The summed E-state index contributed by atoms with van der Waals surface area (Å²) in [5.74, 6) is 1.00. The molecule has 1 aromatic heterocycles. The Kier molecular flexibility index (Phi) is 3.83. The van der Waals surface area contributed by atoms with Gasteiger partial charge in [0.05, 0.1) is 0 Å². The van der Waals surface area contributed by atoms with Gasteiger partial charge in [-0.25, -0.2) is 9.97 Å². The van der Waals surface area contributed by atoms with Gasteiger partial charge in [-0.3, -0.25) is 0 Å². The van der Waals surface area contributed by atoms with E-state index < -0.39 is 0 Å². The van der Waals surface area contributed by atoms with E-state index in [2.05, 4.69) is 29.1 Å². The standard InChI is InChI=1S/C10H18N4/c1-7(2)4-12-5-9-6-13-10(11)14-8(9)3/h6-7,12H,4-5H2,1-3H3,(H2,11,13,14). The van der Waals surface area contributed by atoms with Crippen molar-refractivity contribution in [2.75, 3.05) is 12.3 Å². The number of hydrogen-bond acceptors (Lipinski definition) is 4. The molecule has 1 aromatic rings. The molecule has 0 saturated heterocycles. The van der Waals surface area contributed by atoms with E-state index in [9.17, 15) is 0 Å². The van der Waals surface area contributed by atoms with E-state index in [1.54, 1.807) is 6.20 Å². The van der Waals surface area contributed by atoms with Crippen LogP contribution in [0.4, 0.5) is 5.95 Å². The van der Waals surface area contributed by atoms with Crippen LogP contribution in [-0.2, 0) is 6.54 Å². The van der Waals surface area contributed by atoms with Crippen molar-refractivity contribution in [3.05, 3.63) is 17.5 Å². The first kappa shape index (κ1) is 10.9. The average molecular weight is 194 g/mol. The summed E-state index contributed by atoms with van der Waals surface area (Å²) in [5, 5.41) is 3.34. The first-order chi connectivity index (χ1) is 6.59. The average Bonchev–Trinajstić information content (AvgIpc) is 2.08. The van der Waals surface area contributed by atoms with E-state index in [0.29, 0.717) is 11.9 Å². The molecule has 0 radical (unpaired) electrons. The van der Waals surface area contributed by atoms with Gasteiger partial charge in [0.1, 0.15) is 0 Å². The van der Waals surface area contributed by atoms with Crippen LogP contribution in [0.1, 0.15) is 25.1 Å². The Morgan fingerprint density at radius 2 is 2.21 bits per heavy atom. The highest BCUT2D eigenvalue weighted by atomic mass is 15.0. The fourth-order valence-electron chi connectivity index (χ4n) is 1.18. The van der Waals surface area contributed by atoms with Crippen LogP contribution in [-0.4, -0.2) is 16.5 Å². The molecule has 4 heteroatoms. The van der Waals surface area contributed by atoms with Crippen LogP contribution in [0.5, 0.6) is 0 Å². The number of nitrogen functional groups attached to an aromatic ring is 1. The number of aryl methyl sites for hydroxylation is 1. The summed E-state index contributed by atoms with van der Waals surface area (Å²) in [6.45, 7) is 8.12. The molecule has 0 atom stereocenters. The highest BCUT2D eigenvalue weighted by Crippen LogP contribution is 2.04. The zero-order valence-electron chi connectivity index (χ0n) is 9.04. The molecule has 1 rings (SSSR count). The Hall–Kier alpha value is -1.16. The van der Waals surface area contributed by atoms with Crippen molar-refractivity contribution in [2.45, 2.75) is 27.3 Å². The van der Waals surface area contributed by atoms with E-state index in [0.717, 1.165) is 24.3 Å². The van der Waals surface area contributed by atoms with Gasteiger partial charge in [-0.2, -0.15) is 0 Å². The molecular formula is C10H18N4. The van der Waals surface area contributed by atoms with Crippen LogP contribution in [0, 0.1) is 12.8 Å². The number of nitrogens with one attached hydrogen (secondary N) is 1. The molecule has 0 aliphatic rings. The maximum atomic E-state index is 5.46. The summed E-state index contributed by atoms with van der Waals surface area (Å²) in [7, 11) is 0. The van der Waals surface area contributed by atoms with Crippen molar-refractivity contribution in [1.29, 1.82) is 0 Å². The lowest BCUT2D eigenvalue weighted by atomic mass is 10.2. The molecule has 0 aliphatic carbocycles. The second-order valence-corrected chi connectivity index (χ2v) is 3.86. The van der Waals surface area contributed by atoms with Crippen LogP contribution in [0.15, 0.2) is 6.20 Å². The van der Waals surface area contributed by atoms with Gasteiger partial charge < -0.3 is 11.1 Å². The fraction of sp³-hybridized carbons (Fsp3) is 0.600. The highest BCUT2D eigenvalue weighted by molar-refractivity contribution is 5.23. The van der Waals surface area contributed by atoms with E-state index in [1.165, 1.54) is 0 Å². The van der Waals surface area contributed by atoms with Gasteiger partial charge in [-0.05, 0) is 19.4 Å². The summed E-state index contributed by atoms with van der Waals surface area (Å²) in [4.78, 5) is 8.06. The third-order valence-electron chi connectivity index (χ3n) is 1.97. The lowest BCUT2D eigenvalue weighted by Gasteiger charge is -2.08. The molecule has 0 amide bonds. The van der Waals surface area contributed by atoms with Crippen LogP contribution >= 0.6 is 0 Å². The molecule has 0 saturated carbocycles. The van der Waals surface area contributed by atoms with Gasteiger partial charge in [0, 0.05) is 24.0 Å². The Balaban J connectivity index is 2.51. The van der Waals surface area contributed by atoms with Crippen molar-refractivity contribution in [2.24, 2.45) is 5.92 Å². The fourth-order valence-corrected chi connectivity index (χ4v) is 1.18. The number of nitrogens with two attached hydrogens (primary N) is 1. The number of rotatable bonds is 4. The molecular weight excluding hydrogens is 176 g/mol. The minimum atomic E-state index is 0.343. The summed E-state index contributed by atoms with van der Waals surface area (Å²) >= 11 is 0. The van der Waals surface area contributed by atoms with E-state index in [4.69, 9.17) is 5.73 Å². The van der Waals surface area contributed by atoms with Gasteiger partial charge in [0.25, 0.3) is 0 Å². The van der Waals surface area contributed by atoms with E-state index in [-0.39, 0.29) is 0 Å². The Morgan fingerprint density at radius 3 is 2.79 bits per heavy atom. The SMILES string of the molecule is Cc1nc(N)ncc1CNCC(C)C. The second kappa shape index (κ2) is 4.91. The van der Waals surface area contributed by atoms with Crippen LogP contribution in [0.25, 0.3) is 0 Å². The summed E-state index contributed by atoms with van der Waals surface area (Å²) in [6, 6.07) is 0. The second-order valence-electron chi connectivity index (χ2n) is 3.86. The zero-order chi connectivity index (χ0) is 10.6. The molecule has 0 bridgehead atoms. The third-order valence-corrected chi connectivity index (χ3v) is 1.97. The van der Waals surface area contributed by atoms with Crippen molar-refractivity contribution in [3.63, 3.8) is 0 Å². The number of aromatic nitrogens is 2. The maximum absolute atomic E-state index is 5.46. The Bertz CT molecular complexity index is 296. The summed E-state index contributed by atoms with van der Waals surface area (Å²) in [6.07, 6.45) is 1.78. The van der Waals surface area contributed by atoms with Crippen LogP contribution in [0.2, 0.25) is 0 Å². The number of anilines is 1. The molecule has 0 aromatic carbocycles. The van der Waals surface area contributed by atoms with Gasteiger partial charge in [0.15, 0.2) is 0 Å². The topological polar surface area (TPSA) is 63.8 Å². The first-order valence-corrected chi connectivity index (χ1v) is 4.88. The van der Waals surface area contributed by atoms with Crippen LogP contribution < -0.4 is 11.1 Å². The molecule has 3 N–H and O–H groups in total. The Labute approximate surface area is 85.0 Å². The zero-order valence-corrected chi connectivity index (χ0v) is 9.04. The number of nitrogens with zero attached hydrogens (tertiary/aromatic N) is 2. The molecule has 4 nitrogen and oxygen atoms in total. The minimum absolute atomic E-state index is 0.343. The molecule has 14 heavy (non-hydrogen) atoms. The molecule has 0 aliphatic heterocycles. The minimum Gasteiger partial charge on any atom is -0.368 e. The van der Waals surface area contributed by atoms with E-state index in [1.807, 2.05) is 6.92 Å². The quantitative estimate of drug-likeness (QED) is 0.753. The van der Waals surface area contributed by atoms with Gasteiger partial charge in [0.2, 0.25) is 5.95 Å². The molecule has 1 heterocycles. The van der Waals surface area contributed by atoms with Crippen molar-refractivity contribution in [1.82, 2.24) is 15.3 Å². The van der Waals surface area contributed by atoms with Gasteiger partial charge in [-0.1, -0.05) is 13.8 Å². The summed E-state index contributed by atoms with van der Waals surface area (Å²) < 4.78 is 0. The molecule has 0 fully saturated rings. The van der Waals surface area contributed by atoms with Gasteiger partial charge >= 0.3 is 0 Å². The predicted octanol–water partition coefficient (Wildman–Crippen LogP) is 1.11. The first-order valence-electron chi connectivity index (χ1n) is 4.88.